The van der Waals surface area contributed by atoms with E-state index in [0.717, 1.165) is 70.6 Å². The Balaban J connectivity index is 4.47. The summed E-state index contributed by atoms with van der Waals surface area (Å²) < 4.78 is 16.7. The van der Waals surface area contributed by atoms with Crippen LogP contribution in [0.5, 0.6) is 0 Å². The summed E-state index contributed by atoms with van der Waals surface area (Å²) in [5.74, 6) is -0.990. The van der Waals surface area contributed by atoms with Gasteiger partial charge in [-0.2, -0.15) is 0 Å². The van der Waals surface area contributed by atoms with Crippen LogP contribution in [0.15, 0.2) is 72.9 Å². The maximum Gasteiger partial charge on any atom is 0.306 e. The van der Waals surface area contributed by atoms with Gasteiger partial charge in [0.05, 0.1) is 0 Å². The number of carbonyl (C=O) groups is 3. The molecule has 0 N–H and O–H groups in total. The van der Waals surface area contributed by atoms with Gasteiger partial charge in [0.2, 0.25) is 0 Å². The SMILES string of the molecule is CCCCC/C=C\C/C=C\C/C=C\C/C=C\C/C=C\CCC(=O)OC[C@H](COC(=O)CCCCCCC/C=C\CCCCCCCC)OC(=O)CCCCCCCCCCCCCC. The van der Waals surface area contributed by atoms with E-state index < -0.39 is 6.10 Å². The highest BCUT2D eigenvalue weighted by molar-refractivity contribution is 5.71. The molecule has 0 bridgehead atoms. The van der Waals surface area contributed by atoms with Gasteiger partial charge in [0.1, 0.15) is 13.2 Å². The first kappa shape index (κ1) is 60.9. The predicted molar refractivity (Wildman–Crippen MR) is 274 cm³/mol. The van der Waals surface area contributed by atoms with E-state index in [1.165, 1.54) is 141 Å². The van der Waals surface area contributed by atoms with Crippen molar-refractivity contribution in [2.24, 2.45) is 0 Å². The van der Waals surface area contributed by atoms with Crippen LogP contribution in [0.2, 0.25) is 0 Å². The largest absolute Gasteiger partial charge is 0.462 e. The lowest BCUT2D eigenvalue weighted by Gasteiger charge is -2.18. The summed E-state index contributed by atoms with van der Waals surface area (Å²) in [7, 11) is 0. The van der Waals surface area contributed by atoms with Gasteiger partial charge in [-0.25, -0.2) is 0 Å². The van der Waals surface area contributed by atoms with E-state index in [1.54, 1.807) is 0 Å². The fraction of sp³-hybridized carbons (Fsp3) is 0.741. The molecule has 0 aliphatic rings. The molecule has 0 fully saturated rings. The van der Waals surface area contributed by atoms with E-state index >= 15 is 0 Å². The van der Waals surface area contributed by atoms with Crippen LogP contribution in [0.3, 0.4) is 0 Å². The molecule has 0 saturated carbocycles. The monoisotopic (exact) mass is 893 g/mol. The van der Waals surface area contributed by atoms with Crippen LogP contribution in [-0.2, 0) is 28.6 Å². The lowest BCUT2D eigenvalue weighted by Crippen LogP contribution is -2.30. The number of hydrogen-bond donors (Lipinski definition) is 0. The number of hydrogen-bond acceptors (Lipinski definition) is 6. The Morgan fingerprint density at radius 3 is 1.02 bits per heavy atom. The van der Waals surface area contributed by atoms with Gasteiger partial charge in [0.25, 0.3) is 0 Å². The topological polar surface area (TPSA) is 78.9 Å². The molecular formula is C58H100O6. The fourth-order valence-electron chi connectivity index (χ4n) is 7.36. The predicted octanol–water partition coefficient (Wildman–Crippen LogP) is 17.8. The second kappa shape index (κ2) is 52.5. The van der Waals surface area contributed by atoms with Gasteiger partial charge < -0.3 is 14.2 Å². The summed E-state index contributed by atoms with van der Waals surface area (Å²) in [4.78, 5) is 38.0. The molecule has 0 aliphatic carbocycles. The molecule has 0 rings (SSSR count). The molecule has 0 aromatic heterocycles. The van der Waals surface area contributed by atoms with Crippen LogP contribution in [0, 0.1) is 0 Å². The number of unbranched alkanes of at least 4 members (excludes halogenated alkanes) is 25. The highest BCUT2D eigenvalue weighted by Gasteiger charge is 2.19. The first-order valence-electron chi connectivity index (χ1n) is 26.9. The molecule has 0 spiro atoms. The van der Waals surface area contributed by atoms with Crippen molar-refractivity contribution in [3.63, 3.8) is 0 Å². The Morgan fingerprint density at radius 2 is 0.594 bits per heavy atom. The number of ether oxygens (including phenoxy) is 3. The standard InChI is InChI=1S/C58H100O6/c1-4-7-10-13-16-19-22-25-27-28-29-30-32-34-37-39-42-45-48-51-57(60)63-54-55(64-58(61)52-49-46-43-40-35-24-21-18-15-12-9-6-3)53-62-56(59)50-47-44-41-38-36-33-31-26-23-20-17-14-11-8-5-2/h16,19,25-27,29-31,34,37,42,45,55H,4-15,17-18,20-24,28,32-33,35-36,38-41,43-44,46-54H2,1-3H3/b19-16-,27-25-,30-29-,31-26-,37-34-,45-42-/t55-/m0/s1. The summed E-state index contributed by atoms with van der Waals surface area (Å²) in [6, 6.07) is 0. The molecule has 6 heteroatoms. The molecule has 0 radical (unpaired) electrons. The minimum Gasteiger partial charge on any atom is -0.462 e. The van der Waals surface area contributed by atoms with Gasteiger partial charge in [0, 0.05) is 19.3 Å². The minimum atomic E-state index is -0.806. The maximum absolute atomic E-state index is 12.8. The van der Waals surface area contributed by atoms with Crippen molar-refractivity contribution in [3.05, 3.63) is 72.9 Å². The number of rotatable bonds is 48. The van der Waals surface area contributed by atoms with E-state index in [1.807, 2.05) is 6.08 Å². The van der Waals surface area contributed by atoms with Crippen molar-refractivity contribution in [1.29, 1.82) is 0 Å². The third-order valence-corrected chi connectivity index (χ3v) is 11.4. The first-order chi connectivity index (χ1) is 31.5. The summed E-state index contributed by atoms with van der Waals surface area (Å²) >= 11 is 0. The molecule has 0 aromatic rings. The van der Waals surface area contributed by atoms with Gasteiger partial charge in [-0.3, -0.25) is 14.4 Å². The van der Waals surface area contributed by atoms with Crippen molar-refractivity contribution in [2.75, 3.05) is 13.2 Å². The van der Waals surface area contributed by atoms with Crippen molar-refractivity contribution < 1.29 is 28.6 Å². The number of carbonyl (C=O) groups excluding carboxylic acids is 3. The van der Waals surface area contributed by atoms with Gasteiger partial charge in [-0.15, -0.1) is 0 Å². The smallest absolute Gasteiger partial charge is 0.306 e. The summed E-state index contributed by atoms with van der Waals surface area (Å²) in [6.45, 7) is 6.54. The highest BCUT2D eigenvalue weighted by Crippen LogP contribution is 2.14. The molecule has 64 heavy (non-hydrogen) atoms. The molecule has 0 unspecified atom stereocenters. The van der Waals surface area contributed by atoms with Crippen molar-refractivity contribution in [2.45, 2.75) is 264 Å². The van der Waals surface area contributed by atoms with Gasteiger partial charge in [-0.05, 0) is 83.5 Å². The zero-order valence-corrected chi connectivity index (χ0v) is 42.0. The van der Waals surface area contributed by atoms with E-state index in [0.29, 0.717) is 19.3 Å². The van der Waals surface area contributed by atoms with Gasteiger partial charge in [-0.1, -0.05) is 229 Å². The zero-order chi connectivity index (χ0) is 46.5. The third kappa shape index (κ3) is 49.9. The third-order valence-electron chi connectivity index (χ3n) is 11.4. The van der Waals surface area contributed by atoms with Crippen LogP contribution >= 0.6 is 0 Å². The summed E-state index contributed by atoms with van der Waals surface area (Å²) in [6.07, 6.45) is 66.1. The van der Waals surface area contributed by atoms with Crippen LogP contribution in [0.25, 0.3) is 0 Å². The zero-order valence-electron chi connectivity index (χ0n) is 42.0. The van der Waals surface area contributed by atoms with E-state index in [-0.39, 0.29) is 37.5 Å². The van der Waals surface area contributed by atoms with Crippen molar-refractivity contribution in [1.82, 2.24) is 0 Å². The fourth-order valence-corrected chi connectivity index (χ4v) is 7.36. The summed E-state index contributed by atoms with van der Waals surface area (Å²) in [5, 5.41) is 0. The molecule has 1 atom stereocenters. The Kier molecular flexibility index (Phi) is 49.9. The molecule has 0 aromatic carbocycles. The maximum atomic E-state index is 12.8. The average molecular weight is 893 g/mol. The Morgan fingerprint density at radius 1 is 0.312 bits per heavy atom. The van der Waals surface area contributed by atoms with Crippen molar-refractivity contribution >= 4 is 17.9 Å². The van der Waals surface area contributed by atoms with E-state index in [2.05, 4.69) is 87.6 Å². The first-order valence-corrected chi connectivity index (χ1v) is 26.9. The van der Waals surface area contributed by atoms with Crippen LogP contribution in [0.4, 0.5) is 0 Å². The Labute approximate surface area is 395 Å². The normalized spacial score (nSPS) is 12.6. The molecule has 0 aliphatic heterocycles. The lowest BCUT2D eigenvalue weighted by atomic mass is 10.0. The second-order valence-corrected chi connectivity index (χ2v) is 17.8. The Bertz CT molecular complexity index is 1210. The van der Waals surface area contributed by atoms with Gasteiger partial charge >= 0.3 is 17.9 Å². The molecule has 0 saturated heterocycles. The second-order valence-electron chi connectivity index (χ2n) is 17.8. The van der Waals surface area contributed by atoms with Crippen LogP contribution in [0.1, 0.15) is 258 Å². The highest BCUT2D eigenvalue weighted by atomic mass is 16.6. The summed E-state index contributed by atoms with van der Waals surface area (Å²) in [5.41, 5.74) is 0. The minimum absolute atomic E-state index is 0.101. The van der Waals surface area contributed by atoms with Crippen LogP contribution in [-0.4, -0.2) is 37.2 Å². The number of allylic oxidation sites excluding steroid dienone is 12. The Hall–Kier alpha value is -3.15. The van der Waals surface area contributed by atoms with Crippen molar-refractivity contribution in [3.8, 4) is 0 Å². The molecule has 0 heterocycles. The quantitative estimate of drug-likeness (QED) is 0.0262. The molecular weight excluding hydrogens is 793 g/mol. The lowest BCUT2D eigenvalue weighted by molar-refractivity contribution is -0.166. The van der Waals surface area contributed by atoms with Crippen LogP contribution < -0.4 is 0 Å². The molecule has 368 valence electrons. The number of esters is 3. The molecule has 0 amide bonds. The van der Waals surface area contributed by atoms with E-state index in [4.69, 9.17) is 14.2 Å². The molecule has 6 nitrogen and oxygen atoms in total. The van der Waals surface area contributed by atoms with E-state index in [9.17, 15) is 14.4 Å². The van der Waals surface area contributed by atoms with Gasteiger partial charge in [0.15, 0.2) is 6.10 Å². The average Bonchev–Trinajstić information content (AvgIpc) is 3.29.